The van der Waals surface area contributed by atoms with Gasteiger partial charge in [0, 0.05) is 31.9 Å². The molecule has 0 amide bonds. The summed E-state index contributed by atoms with van der Waals surface area (Å²) in [5, 5.41) is 0. The number of ether oxygens (including phenoxy) is 4. The quantitative estimate of drug-likeness (QED) is 0.0406. The van der Waals surface area contributed by atoms with Gasteiger partial charge in [0.05, 0.1) is 17.7 Å². The molecule has 0 unspecified atom stereocenters. The van der Waals surface area contributed by atoms with Gasteiger partial charge in [0.25, 0.3) is 0 Å². The molecule has 0 aliphatic carbocycles. The maximum Gasteiger partial charge on any atom is 0.343 e. The van der Waals surface area contributed by atoms with Gasteiger partial charge < -0.3 is 23.8 Å². The minimum Gasteiger partial charge on any atom is -0.494 e. The molecule has 0 atom stereocenters. The number of carbonyl (C=O) groups excluding carboxylic acids is 2. The molecule has 0 saturated carbocycles. The number of hydrogen-bond acceptors (Lipinski definition) is 7. The summed E-state index contributed by atoms with van der Waals surface area (Å²) in [7, 11) is 4.01. The van der Waals surface area contributed by atoms with Gasteiger partial charge in [-0.3, -0.25) is 0 Å². The molecule has 8 heteroatoms. The number of nitrogens with zero attached hydrogens (tertiary/aromatic N) is 2. The van der Waals surface area contributed by atoms with Crippen LogP contribution >= 0.6 is 0 Å². The van der Waals surface area contributed by atoms with Crippen LogP contribution in [0.1, 0.15) is 91.1 Å². The summed E-state index contributed by atoms with van der Waals surface area (Å²) in [5.74, 6) is 1.10. The maximum absolute atomic E-state index is 12.6. The van der Waals surface area contributed by atoms with Gasteiger partial charge >= 0.3 is 11.9 Å². The second-order valence-corrected chi connectivity index (χ2v) is 13.1. The smallest absolute Gasteiger partial charge is 0.343 e. The molecule has 0 fully saturated rings. The molecule has 55 heavy (non-hydrogen) atoms. The van der Waals surface area contributed by atoms with Crippen LogP contribution in [-0.2, 0) is 6.54 Å². The molecule has 5 rings (SSSR count). The lowest BCUT2D eigenvalue weighted by atomic mass is 10.1. The molecule has 0 aliphatic rings. The van der Waals surface area contributed by atoms with Gasteiger partial charge in [-0.15, -0.1) is 0 Å². The van der Waals surface area contributed by atoms with Gasteiger partial charge in [-0.1, -0.05) is 88.3 Å². The van der Waals surface area contributed by atoms with Crippen LogP contribution in [0.5, 0.6) is 23.0 Å². The molecule has 1 heterocycles. The minimum atomic E-state index is -0.498. The molecule has 5 aromatic rings. The first kappa shape index (κ1) is 43.8. The van der Waals surface area contributed by atoms with Crippen molar-refractivity contribution < 1.29 is 33.1 Å². The molecule has 292 valence electrons. The number of carbonyl (C=O) groups is 2. The van der Waals surface area contributed by atoms with Crippen molar-refractivity contribution in [2.24, 2.45) is 0 Å². The van der Waals surface area contributed by atoms with Crippen molar-refractivity contribution in [1.82, 2.24) is 0 Å². The Morgan fingerprint density at radius 3 is 1.36 bits per heavy atom. The van der Waals surface area contributed by atoms with E-state index >= 15 is 0 Å². The molecular formula is C47H59N2O6+. The molecule has 0 radical (unpaired) electrons. The molecule has 0 spiro atoms. The first-order chi connectivity index (χ1) is 26.7. The van der Waals surface area contributed by atoms with E-state index in [0.717, 1.165) is 17.9 Å². The van der Waals surface area contributed by atoms with Crippen molar-refractivity contribution in [3.63, 3.8) is 0 Å². The van der Waals surface area contributed by atoms with E-state index in [4.69, 9.17) is 18.9 Å². The highest BCUT2D eigenvalue weighted by atomic mass is 16.5. The predicted octanol–water partition coefficient (Wildman–Crippen LogP) is 10.6. The van der Waals surface area contributed by atoms with E-state index in [1.807, 2.05) is 52.5 Å². The zero-order valence-corrected chi connectivity index (χ0v) is 33.8. The first-order valence-electron chi connectivity index (χ1n) is 19.4. The van der Waals surface area contributed by atoms with Gasteiger partial charge in [-0.2, -0.15) is 0 Å². The van der Waals surface area contributed by atoms with Crippen molar-refractivity contribution in [3.8, 4) is 23.0 Å². The minimum absolute atomic E-state index is 0.337. The SMILES string of the molecule is CC.CCCCCCCCOc1ccc(C(=O)Oc2ccc(OC(=O)c3ccc(OCC[n+]4ccc(N(C)C)cc4)cc3)cc2)cc1.Cc1ccc(C)cc1. The van der Waals surface area contributed by atoms with E-state index in [9.17, 15) is 9.59 Å². The lowest BCUT2D eigenvalue weighted by Crippen LogP contribution is -2.35. The summed E-state index contributed by atoms with van der Waals surface area (Å²) < 4.78 is 24.6. The average Bonchev–Trinajstić information content (AvgIpc) is 3.21. The summed E-state index contributed by atoms with van der Waals surface area (Å²) in [6.45, 7) is 12.3. The number of anilines is 1. The topological polar surface area (TPSA) is 78.2 Å². The monoisotopic (exact) mass is 747 g/mol. The van der Waals surface area contributed by atoms with Gasteiger partial charge in [-0.25, -0.2) is 14.2 Å². The highest BCUT2D eigenvalue weighted by Gasteiger charge is 2.12. The van der Waals surface area contributed by atoms with Crippen molar-refractivity contribution in [2.75, 3.05) is 32.2 Å². The average molecular weight is 748 g/mol. The van der Waals surface area contributed by atoms with E-state index in [1.165, 1.54) is 43.2 Å². The van der Waals surface area contributed by atoms with Crippen molar-refractivity contribution in [1.29, 1.82) is 0 Å². The Morgan fingerprint density at radius 1 is 0.527 bits per heavy atom. The number of hydrogen-bond donors (Lipinski definition) is 0. The van der Waals surface area contributed by atoms with E-state index in [0.29, 0.717) is 48.1 Å². The van der Waals surface area contributed by atoms with Crippen LogP contribution in [0.15, 0.2) is 122 Å². The third-order valence-electron chi connectivity index (χ3n) is 8.42. The van der Waals surface area contributed by atoms with Crippen LogP contribution in [0.3, 0.4) is 0 Å². The predicted molar refractivity (Wildman–Crippen MR) is 222 cm³/mol. The van der Waals surface area contributed by atoms with E-state index in [2.05, 4.69) is 54.5 Å². The molecular weight excluding hydrogens is 689 g/mol. The molecule has 0 N–H and O–H groups in total. The van der Waals surface area contributed by atoms with Gasteiger partial charge in [-0.05, 0) is 93.1 Å². The standard InChI is InChI=1S/C37H43N2O6.C8H10.C2H6/c1-4-5-6-7-8-9-27-42-32-14-10-29(11-15-32)36(40)44-34-18-20-35(21-19-34)45-37(41)30-12-16-33(17-13-30)43-28-26-39-24-22-31(23-25-39)38(2)3;1-7-3-5-8(2)6-4-7;1-2/h10-25H,4-9,26-28H2,1-3H3;3-6H,1-2H3;1-2H3/q+1;;. The molecule has 0 aliphatic heterocycles. The highest BCUT2D eigenvalue weighted by Crippen LogP contribution is 2.22. The maximum atomic E-state index is 12.6. The van der Waals surface area contributed by atoms with Crippen LogP contribution < -0.4 is 28.4 Å². The summed E-state index contributed by atoms with van der Waals surface area (Å²) >= 11 is 0. The summed E-state index contributed by atoms with van der Waals surface area (Å²) in [4.78, 5) is 27.3. The number of pyridine rings is 1. The Labute approximate surface area is 328 Å². The molecule has 0 bridgehead atoms. The second-order valence-electron chi connectivity index (χ2n) is 13.1. The Balaban J connectivity index is 0.000000711. The first-order valence-corrected chi connectivity index (χ1v) is 19.4. The summed E-state index contributed by atoms with van der Waals surface area (Å²) in [6, 6.07) is 32.7. The largest absolute Gasteiger partial charge is 0.494 e. The Morgan fingerprint density at radius 2 is 0.927 bits per heavy atom. The van der Waals surface area contributed by atoms with Crippen molar-refractivity contribution in [2.45, 2.75) is 79.7 Å². The lowest BCUT2D eigenvalue weighted by Gasteiger charge is -2.10. The zero-order valence-electron chi connectivity index (χ0n) is 33.8. The van der Waals surface area contributed by atoms with Crippen LogP contribution in [0.2, 0.25) is 0 Å². The van der Waals surface area contributed by atoms with Crippen LogP contribution in [0.25, 0.3) is 0 Å². The van der Waals surface area contributed by atoms with Crippen LogP contribution in [-0.4, -0.2) is 39.2 Å². The number of benzene rings is 4. The van der Waals surface area contributed by atoms with Crippen LogP contribution in [0, 0.1) is 13.8 Å². The number of rotatable bonds is 17. The Bertz CT molecular complexity index is 1780. The number of unbranched alkanes of at least 4 members (excludes halogenated alkanes) is 5. The fourth-order valence-electron chi connectivity index (χ4n) is 5.16. The molecule has 1 aromatic heterocycles. The van der Waals surface area contributed by atoms with E-state index in [1.54, 1.807) is 72.8 Å². The number of aryl methyl sites for hydroxylation is 2. The summed E-state index contributed by atoms with van der Waals surface area (Å²) in [5.41, 5.74) is 4.61. The lowest BCUT2D eigenvalue weighted by molar-refractivity contribution is -0.697. The number of aromatic nitrogens is 1. The Kier molecular flexibility index (Phi) is 19.6. The fraction of sp³-hybridized carbons (Fsp3) is 0.340. The second kappa shape index (κ2) is 24.6. The molecule has 8 nitrogen and oxygen atoms in total. The number of esters is 2. The highest BCUT2D eigenvalue weighted by molar-refractivity contribution is 5.92. The van der Waals surface area contributed by atoms with Crippen molar-refractivity contribution in [3.05, 3.63) is 144 Å². The van der Waals surface area contributed by atoms with Gasteiger partial charge in [0.15, 0.2) is 18.9 Å². The van der Waals surface area contributed by atoms with Gasteiger partial charge in [0.2, 0.25) is 0 Å². The van der Waals surface area contributed by atoms with E-state index in [-0.39, 0.29) is 0 Å². The van der Waals surface area contributed by atoms with Crippen molar-refractivity contribution >= 4 is 17.6 Å². The van der Waals surface area contributed by atoms with Crippen LogP contribution in [0.4, 0.5) is 5.69 Å². The molecule has 0 saturated heterocycles. The molecule has 4 aromatic carbocycles. The zero-order chi connectivity index (χ0) is 39.8. The normalized spacial score (nSPS) is 10.2. The Hall–Kier alpha value is -5.63. The third kappa shape index (κ3) is 16.5. The summed E-state index contributed by atoms with van der Waals surface area (Å²) in [6.07, 6.45) is 11.3. The van der Waals surface area contributed by atoms with E-state index < -0.39 is 11.9 Å². The third-order valence-corrected chi connectivity index (χ3v) is 8.42. The fourth-order valence-corrected chi connectivity index (χ4v) is 5.16. The van der Waals surface area contributed by atoms with Gasteiger partial charge in [0.1, 0.15) is 29.6 Å².